The van der Waals surface area contributed by atoms with Gasteiger partial charge >= 0.3 is 0 Å². The lowest BCUT2D eigenvalue weighted by molar-refractivity contribution is -0.275. The molecule has 0 amide bonds. The van der Waals surface area contributed by atoms with Crippen LogP contribution in [0.2, 0.25) is 0 Å². The highest BCUT2D eigenvalue weighted by atomic mass is 16.7. The van der Waals surface area contributed by atoms with Gasteiger partial charge in [-0.15, -0.1) is 0 Å². The van der Waals surface area contributed by atoms with Crippen molar-refractivity contribution in [2.24, 2.45) is 34.5 Å². The molecule has 2 N–H and O–H groups in total. The number of hydrogen-bond acceptors (Lipinski definition) is 8. The van der Waals surface area contributed by atoms with Crippen molar-refractivity contribution in [1.29, 1.82) is 0 Å². The predicted octanol–water partition coefficient (Wildman–Crippen LogP) is 2.19. The van der Waals surface area contributed by atoms with E-state index in [4.69, 9.17) is 18.9 Å². The SMILES string of the molecule is CO[C@@H]1CC(OC2CC3=CC[C@H]4[C@H]5C(=O)C[C@@H]6C(C)O[C@@H](C(=O)[C@@H]4[C@@]3(C)C[C@@H]2O)[C@]65C)O[C@H](C)[C@@H]1O. The lowest BCUT2D eigenvalue weighted by Gasteiger charge is -2.57. The smallest absolute Gasteiger partial charge is 0.166 e. The number of methoxy groups -OCH3 is 1. The molecular weight excluding hydrogens is 464 g/mol. The average Bonchev–Trinajstić information content (AvgIpc) is 3.23. The molecule has 0 aromatic carbocycles. The molecule has 2 aliphatic heterocycles. The first-order chi connectivity index (χ1) is 17.0. The number of carbonyl (C=O) groups is 2. The summed E-state index contributed by atoms with van der Waals surface area (Å²) in [5.74, 6) is -0.0656. The summed E-state index contributed by atoms with van der Waals surface area (Å²) in [5, 5.41) is 21.6. The molecule has 0 aromatic rings. The number of fused-ring (bicyclic) bond motifs is 4. The normalized spacial score (nSPS) is 56.1. The lowest BCUT2D eigenvalue weighted by atomic mass is 9.46. The van der Waals surface area contributed by atoms with E-state index >= 15 is 0 Å². The number of Topliss-reactive ketones (excluding diaryl/α,β-unsaturated/α-hetero) is 2. The van der Waals surface area contributed by atoms with Gasteiger partial charge in [0.15, 0.2) is 12.1 Å². The minimum absolute atomic E-state index is 0.0463. The van der Waals surface area contributed by atoms with Gasteiger partial charge in [-0.25, -0.2) is 0 Å². The number of allylic oxidation sites excluding steroid dienone is 1. The van der Waals surface area contributed by atoms with Gasteiger partial charge in [-0.2, -0.15) is 0 Å². The van der Waals surface area contributed by atoms with Gasteiger partial charge in [0.25, 0.3) is 0 Å². The highest BCUT2D eigenvalue weighted by Gasteiger charge is 2.72. The molecule has 8 heteroatoms. The Morgan fingerprint density at radius 1 is 1.03 bits per heavy atom. The van der Waals surface area contributed by atoms with E-state index in [-0.39, 0.29) is 41.3 Å². The molecule has 0 radical (unpaired) electrons. The third kappa shape index (κ3) is 3.27. The molecule has 200 valence electrons. The van der Waals surface area contributed by atoms with Gasteiger partial charge < -0.3 is 29.2 Å². The Hall–Kier alpha value is -1.16. The largest absolute Gasteiger partial charge is 0.390 e. The molecule has 5 fully saturated rings. The molecule has 2 heterocycles. The zero-order chi connectivity index (χ0) is 25.7. The molecule has 0 spiro atoms. The lowest BCUT2D eigenvalue weighted by Crippen LogP contribution is -2.62. The summed E-state index contributed by atoms with van der Waals surface area (Å²) in [6, 6.07) is 0. The summed E-state index contributed by atoms with van der Waals surface area (Å²) in [6.45, 7) is 7.97. The summed E-state index contributed by atoms with van der Waals surface area (Å²) >= 11 is 0. The summed E-state index contributed by atoms with van der Waals surface area (Å²) in [6.07, 6.45) is 0.620. The Labute approximate surface area is 212 Å². The average molecular weight is 505 g/mol. The van der Waals surface area contributed by atoms with Crippen LogP contribution in [-0.4, -0.2) is 77.9 Å². The van der Waals surface area contributed by atoms with Crippen LogP contribution in [0, 0.1) is 34.5 Å². The van der Waals surface area contributed by atoms with Crippen LogP contribution in [-0.2, 0) is 28.5 Å². The van der Waals surface area contributed by atoms with Crippen LogP contribution < -0.4 is 0 Å². The Kier molecular flexibility index (Phi) is 5.88. The molecule has 3 unspecified atom stereocenters. The van der Waals surface area contributed by atoms with Crippen LogP contribution >= 0.6 is 0 Å². The first kappa shape index (κ1) is 25.1. The van der Waals surface area contributed by atoms with Crippen molar-refractivity contribution in [1.82, 2.24) is 0 Å². The first-order valence-corrected chi connectivity index (χ1v) is 13.6. The molecule has 4 aliphatic carbocycles. The third-order valence-electron chi connectivity index (χ3n) is 11.0. The topological polar surface area (TPSA) is 112 Å². The first-order valence-electron chi connectivity index (χ1n) is 13.6. The van der Waals surface area contributed by atoms with Gasteiger partial charge in [-0.05, 0) is 39.0 Å². The van der Waals surface area contributed by atoms with E-state index < -0.39 is 53.7 Å². The fourth-order valence-corrected chi connectivity index (χ4v) is 9.19. The van der Waals surface area contributed by atoms with E-state index in [1.54, 1.807) is 14.0 Å². The van der Waals surface area contributed by atoms with E-state index in [2.05, 4.69) is 19.9 Å². The summed E-state index contributed by atoms with van der Waals surface area (Å²) in [5.41, 5.74) is 0.156. The quantitative estimate of drug-likeness (QED) is 0.563. The Balaban J connectivity index is 1.26. The van der Waals surface area contributed by atoms with E-state index in [1.165, 1.54) is 0 Å². The summed E-state index contributed by atoms with van der Waals surface area (Å²) in [4.78, 5) is 27.4. The van der Waals surface area contributed by atoms with Crippen molar-refractivity contribution in [2.75, 3.05) is 7.11 Å². The maximum Gasteiger partial charge on any atom is 0.166 e. The second-order valence-corrected chi connectivity index (χ2v) is 12.7. The Morgan fingerprint density at radius 3 is 2.50 bits per heavy atom. The summed E-state index contributed by atoms with van der Waals surface area (Å²) < 4.78 is 23.8. The molecule has 0 bridgehead atoms. The van der Waals surface area contributed by atoms with Gasteiger partial charge in [0.1, 0.15) is 18.0 Å². The second kappa shape index (κ2) is 8.42. The highest BCUT2D eigenvalue weighted by molar-refractivity contribution is 5.96. The van der Waals surface area contributed by atoms with Crippen molar-refractivity contribution in [3.8, 4) is 0 Å². The highest BCUT2D eigenvalue weighted by Crippen LogP contribution is 2.67. The molecule has 0 aromatic heterocycles. The zero-order valence-electron chi connectivity index (χ0n) is 21.9. The molecule has 3 saturated carbocycles. The number of hydrogen-bond donors (Lipinski definition) is 2. The minimum atomic E-state index is -0.783. The Bertz CT molecular complexity index is 979. The van der Waals surface area contributed by atoms with E-state index in [9.17, 15) is 19.8 Å². The van der Waals surface area contributed by atoms with Gasteiger partial charge in [0.05, 0.1) is 30.5 Å². The Morgan fingerprint density at radius 2 is 1.78 bits per heavy atom. The fourth-order valence-electron chi connectivity index (χ4n) is 9.19. The van der Waals surface area contributed by atoms with Crippen LogP contribution in [0.4, 0.5) is 0 Å². The standard InChI is InChI=1S/C28H40O8/c1-12-16-9-17(29)22-15-7-6-14-8-19(36-21-10-20(33-5)24(31)13(2)34-21)18(30)11-27(14,3)23(15)25(32)26(35-12)28(16,22)4/h6,12-13,15-16,18-24,26,30-31H,7-11H2,1-5H3/t12?,13-,15+,16-,18+,19?,20-,21?,22+,23-,24+,26+,27+,28-/m1/s1. The van der Waals surface area contributed by atoms with Crippen molar-refractivity contribution >= 4 is 11.6 Å². The molecule has 36 heavy (non-hydrogen) atoms. The van der Waals surface area contributed by atoms with E-state index in [0.717, 1.165) is 5.57 Å². The van der Waals surface area contributed by atoms with Crippen molar-refractivity contribution in [2.45, 2.75) is 109 Å². The molecule has 6 rings (SSSR count). The van der Waals surface area contributed by atoms with Crippen LogP contribution in [0.15, 0.2) is 11.6 Å². The monoisotopic (exact) mass is 504 g/mol. The van der Waals surface area contributed by atoms with E-state index in [0.29, 0.717) is 32.1 Å². The molecular formula is C28H40O8. The maximum absolute atomic E-state index is 14.1. The zero-order valence-corrected chi connectivity index (χ0v) is 21.9. The van der Waals surface area contributed by atoms with Gasteiger partial charge in [0.2, 0.25) is 0 Å². The molecule has 6 aliphatic rings. The fraction of sp³-hybridized carbons (Fsp3) is 0.857. The maximum atomic E-state index is 14.1. The third-order valence-corrected chi connectivity index (χ3v) is 11.0. The van der Waals surface area contributed by atoms with Crippen molar-refractivity contribution in [3.05, 3.63) is 11.6 Å². The molecule has 2 saturated heterocycles. The summed E-state index contributed by atoms with van der Waals surface area (Å²) in [7, 11) is 1.56. The number of aliphatic hydroxyl groups excluding tert-OH is 2. The number of rotatable bonds is 3. The molecule has 8 nitrogen and oxygen atoms in total. The van der Waals surface area contributed by atoms with Crippen LogP contribution in [0.3, 0.4) is 0 Å². The number of ether oxygens (including phenoxy) is 4. The number of aliphatic hydroxyl groups is 2. The predicted molar refractivity (Wildman–Crippen MR) is 128 cm³/mol. The van der Waals surface area contributed by atoms with E-state index in [1.807, 2.05) is 6.92 Å². The van der Waals surface area contributed by atoms with Crippen LogP contribution in [0.25, 0.3) is 0 Å². The number of carbonyl (C=O) groups excluding carboxylic acids is 2. The van der Waals surface area contributed by atoms with Crippen LogP contribution in [0.5, 0.6) is 0 Å². The van der Waals surface area contributed by atoms with Gasteiger partial charge in [-0.3, -0.25) is 9.59 Å². The molecule has 14 atom stereocenters. The second-order valence-electron chi connectivity index (χ2n) is 12.7. The van der Waals surface area contributed by atoms with Crippen molar-refractivity contribution < 1.29 is 38.7 Å². The minimum Gasteiger partial charge on any atom is -0.390 e. The number of ketones is 2. The van der Waals surface area contributed by atoms with Crippen molar-refractivity contribution in [3.63, 3.8) is 0 Å². The van der Waals surface area contributed by atoms with Crippen LogP contribution in [0.1, 0.15) is 59.8 Å². The van der Waals surface area contributed by atoms with Gasteiger partial charge in [0, 0.05) is 48.5 Å². The van der Waals surface area contributed by atoms with Gasteiger partial charge in [-0.1, -0.05) is 25.5 Å².